The van der Waals surface area contributed by atoms with Crippen molar-refractivity contribution in [2.24, 2.45) is 0 Å². The first kappa shape index (κ1) is 21.3. The molecule has 0 spiro atoms. The molecule has 2 aliphatic heterocycles. The summed E-state index contributed by atoms with van der Waals surface area (Å²) in [5.41, 5.74) is 0.865. The van der Waals surface area contributed by atoms with E-state index in [1.807, 2.05) is 30.3 Å². The summed E-state index contributed by atoms with van der Waals surface area (Å²) in [5.74, 6) is 1.80. The Kier molecular flexibility index (Phi) is 6.83. The molecule has 0 atom stereocenters. The van der Waals surface area contributed by atoms with Gasteiger partial charge < -0.3 is 14.8 Å². The zero-order chi connectivity index (χ0) is 21.6. The Bertz CT molecular complexity index is 1030. The molecule has 2 aromatic rings. The molecule has 1 aromatic heterocycles. The van der Waals surface area contributed by atoms with Crippen molar-refractivity contribution >= 4 is 52.0 Å². The predicted molar refractivity (Wildman–Crippen MR) is 124 cm³/mol. The first-order valence-electron chi connectivity index (χ1n) is 9.96. The van der Waals surface area contributed by atoms with Crippen LogP contribution in [0, 0.1) is 0 Å². The second-order valence-electron chi connectivity index (χ2n) is 7.02. The molecule has 160 valence electrons. The Morgan fingerprint density at radius 1 is 1.19 bits per heavy atom. The summed E-state index contributed by atoms with van der Waals surface area (Å²) < 4.78 is 11.3. The number of aromatic nitrogens is 1. The molecule has 1 aromatic carbocycles. The summed E-state index contributed by atoms with van der Waals surface area (Å²) in [5, 5.41) is 2.77. The van der Waals surface area contributed by atoms with Crippen molar-refractivity contribution in [3.8, 4) is 11.5 Å². The molecular formula is C22H21N3O4S2. The van der Waals surface area contributed by atoms with E-state index in [0.29, 0.717) is 39.5 Å². The first-order chi connectivity index (χ1) is 15.1. The van der Waals surface area contributed by atoms with Crippen LogP contribution in [-0.4, -0.2) is 39.4 Å². The minimum absolute atomic E-state index is 0.0593. The molecular weight excluding hydrogens is 434 g/mol. The Morgan fingerprint density at radius 2 is 2.06 bits per heavy atom. The number of ether oxygens (including phenoxy) is 2. The van der Waals surface area contributed by atoms with Crippen LogP contribution in [0.25, 0.3) is 6.08 Å². The maximum atomic E-state index is 12.8. The van der Waals surface area contributed by atoms with Gasteiger partial charge in [-0.2, -0.15) is 0 Å². The van der Waals surface area contributed by atoms with Gasteiger partial charge in [0, 0.05) is 19.2 Å². The van der Waals surface area contributed by atoms with Crippen molar-refractivity contribution in [3.05, 3.63) is 53.1 Å². The van der Waals surface area contributed by atoms with E-state index < -0.39 is 0 Å². The van der Waals surface area contributed by atoms with Gasteiger partial charge in [-0.05, 0) is 48.7 Å². The number of hydrogen-bond acceptors (Lipinski definition) is 7. The number of thioether (sulfide) groups is 1. The van der Waals surface area contributed by atoms with E-state index in [4.69, 9.17) is 21.7 Å². The predicted octanol–water partition coefficient (Wildman–Crippen LogP) is 4.21. The number of pyridine rings is 1. The number of carbonyl (C=O) groups excluding carboxylic acids is 2. The monoisotopic (exact) mass is 455 g/mol. The number of thiocarbonyl (C=S) groups is 1. The van der Waals surface area contributed by atoms with Gasteiger partial charge in [0.2, 0.25) is 12.7 Å². The van der Waals surface area contributed by atoms with E-state index in [1.165, 1.54) is 11.8 Å². The number of nitrogens with one attached hydrogen (secondary N) is 1. The highest BCUT2D eigenvalue weighted by Gasteiger charge is 2.31. The lowest BCUT2D eigenvalue weighted by molar-refractivity contribution is -0.122. The summed E-state index contributed by atoms with van der Waals surface area (Å²) in [6, 6.07) is 10.9. The SMILES string of the molecule is O=C(CCCCCN1C(=O)/C(=C/c2ccc3c(c2)OCO3)SC1=S)Nc1ccccn1. The van der Waals surface area contributed by atoms with Crippen molar-refractivity contribution in [2.75, 3.05) is 18.7 Å². The number of anilines is 1. The minimum atomic E-state index is -0.0828. The quantitative estimate of drug-likeness (QED) is 0.363. The van der Waals surface area contributed by atoms with Crippen LogP contribution in [0.2, 0.25) is 0 Å². The van der Waals surface area contributed by atoms with Gasteiger partial charge in [0.25, 0.3) is 5.91 Å². The molecule has 1 saturated heterocycles. The standard InChI is InChI=1S/C22H21N3O4S2/c26-20(24-19-6-3-4-10-23-19)7-2-1-5-11-25-21(27)18(31-22(25)30)13-15-8-9-16-17(12-15)29-14-28-16/h3-4,6,8-10,12-13H,1-2,5,7,11,14H2,(H,23,24,26)/b18-13-. The molecule has 31 heavy (non-hydrogen) atoms. The normalized spacial score (nSPS) is 16.3. The van der Waals surface area contributed by atoms with Gasteiger partial charge in [0.1, 0.15) is 10.1 Å². The maximum Gasteiger partial charge on any atom is 0.266 e. The molecule has 2 aliphatic rings. The summed E-state index contributed by atoms with van der Waals surface area (Å²) in [4.78, 5) is 31.0. The van der Waals surface area contributed by atoms with Gasteiger partial charge in [0.05, 0.1) is 4.91 Å². The Labute approximate surface area is 189 Å². The molecule has 0 unspecified atom stereocenters. The second kappa shape index (κ2) is 9.93. The number of amides is 2. The van der Waals surface area contributed by atoms with Crippen molar-refractivity contribution < 1.29 is 19.1 Å². The van der Waals surface area contributed by atoms with Crippen LogP contribution in [0.3, 0.4) is 0 Å². The third kappa shape index (κ3) is 5.42. The Balaban J connectivity index is 1.23. The molecule has 7 nitrogen and oxygen atoms in total. The van der Waals surface area contributed by atoms with E-state index >= 15 is 0 Å². The average molecular weight is 456 g/mol. The van der Waals surface area contributed by atoms with Crippen molar-refractivity contribution in [1.29, 1.82) is 0 Å². The number of nitrogens with zero attached hydrogens (tertiary/aromatic N) is 2. The van der Waals surface area contributed by atoms with Crippen LogP contribution < -0.4 is 14.8 Å². The molecule has 9 heteroatoms. The fraction of sp³-hybridized carbons (Fsp3) is 0.273. The molecule has 0 saturated carbocycles. The lowest BCUT2D eigenvalue weighted by Crippen LogP contribution is -2.29. The number of hydrogen-bond donors (Lipinski definition) is 1. The molecule has 1 fully saturated rings. The average Bonchev–Trinajstić information content (AvgIpc) is 3.33. The highest BCUT2D eigenvalue weighted by atomic mass is 32.2. The summed E-state index contributed by atoms with van der Waals surface area (Å²) in [6.45, 7) is 0.761. The summed E-state index contributed by atoms with van der Waals surface area (Å²) in [6.07, 6.45) is 6.22. The highest BCUT2D eigenvalue weighted by molar-refractivity contribution is 8.26. The molecule has 3 heterocycles. The van der Waals surface area contributed by atoms with Crippen molar-refractivity contribution in [3.63, 3.8) is 0 Å². The van der Waals surface area contributed by atoms with Gasteiger partial charge in [-0.25, -0.2) is 4.98 Å². The molecule has 0 aliphatic carbocycles. The fourth-order valence-electron chi connectivity index (χ4n) is 3.22. The van der Waals surface area contributed by atoms with Crippen LogP contribution in [0.15, 0.2) is 47.5 Å². The number of benzene rings is 1. The molecule has 2 amide bonds. The van der Waals surface area contributed by atoms with Crippen LogP contribution in [-0.2, 0) is 9.59 Å². The molecule has 1 N–H and O–H groups in total. The minimum Gasteiger partial charge on any atom is -0.454 e. The van der Waals surface area contributed by atoms with E-state index in [-0.39, 0.29) is 18.6 Å². The maximum absolute atomic E-state index is 12.8. The molecule has 0 bridgehead atoms. The topological polar surface area (TPSA) is 80.8 Å². The second-order valence-corrected chi connectivity index (χ2v) is 8.70. The number of carbonyl (C=O) groups is 2. The van der Waals surface area contributed by atoms with E-state index in [9.17, 15) is 9.59 Å². The fourth-order valence-corrected chi connectivity index (χ4v) is 4.53. The summed E-state index contributed by atoms with van der Waals surface area (Å²) >= 11 is 6.70. The molecule has 0 radical (unpaired) electrons. The summed E-state index contributed by atoms with van der Waals surface area (Å²) in [7, 11) is 0. The van der Waals surface area contributed by atoms with Gasteiger partial charge >= 0.3 is 0 Å². The van der Waals surface area contributed by atoms with Crippen LogP contribution in [0.4, 0.5) is 5.82 Å². The van der Waals surface area contributed by atoms with E-state index in [1.54, 1.807) is 23.2 Å². The number of fused-ring (bicyclic) bond motifs is 1. The van der Waals surface area contributed by atoms with Crippen molar-refractivity contribution in [2.45, 2.75) is 25.7 Å². The van der Waals surface area contributed by atoms with Gasteiger partial charge in [-0.15, -0.1) is 0 Å². The van der Waals surface area contributed by atoms with E-state index in [0.717, 1.165) is 24.8 Å². The number of unbranched alkanes of at least 4 members (excludes halogenated alkanes) is 2. The smallest absolute Gasteiger partial charge is 0.266 e. The Morgan fingerprint density at radius 3 is 2.90 bits per heavy atom. The van der Waals surface area contributed by atoms with Crippen LogP contribution >= 0.6 is 24.0 Å². The van der Waals surface area contributed by atoms with Gasteiger partial charge in [0.15, 0.2) is 11.5 Å². The lowest BCUT2D eigenvalue weighted by atomic mass is 10.1. The van der Waals surface area contributed by atoms with Gasteiger partial charge in [-0.1, -0.05) is 42.5 Å². The van der Waals surface area contributed by atoms with Gasteiger partial charge in [-0.3, -0.25) is 14.5 Å². The Hall–Kier alpha value is -2.91. The first-order valence-corrected chi connectivity index (χ1v) is 11.2. The van der Waals surface area contributed by atoms with Crippen LogP contribution in [0.5, 0.6) is 11.5 Å². The van der Waals surface area contributed by atoms with Crippen LogP contribution in [0.1, 0.15) is 31.2 Å². The number of rotatable bonds is 8. The van der Waals surface area contributed by atoms with Crippen molar-refractivity contribution in [1.82, 2.24) is 9.88 Å². The third-order valence-corrected chi connectivity index (χ3v) is 6.16. The lowest BCUT2D eigenvalue weighted by Gasteiger charge is -2.14. The third-order valence-electron chi connectivity index (χ3n) is 4.79. The zero-order valence-corrected chi connectivity index (χ0v) is 18.3. The molecule has 4 rings (SSSR count). The largest absolute Gasteiger partial charge is 0.454 e. The zero-order valence-electron chi connectivity index (χ0n) is 16.7. The highest BCUT2D eigenvalue weighted by Crippen LogP contribution is 2.36. The van der Waals surface area contributed by atoms with E-state index in [2.05, 4.69) is 10.3 Å².